The van der Waals surface area contributed by atoms with Crippen molar-refractivity contribution in [3.8, 4) is 5.75 Å². The second-order valence-corrected chi connectivity index (χ2v) is 6.45. The summed E-state index contributed by atoms with van der Waals surface area (Å²) in [6.45, 7) is 0. The van der Waals surface area contributed by atoms with Crippen LogP contribution in [0, 0.1) is 0 Å². The molecule has 0 spiro atoms. The van der Waals surface area contributed by atoms with Crippen LogP contribution < -0.4 is 15.8 Å². The van der Waals surface area contributed by atoms with Crippen LogP contribution in [0.1, 0.15) is 17.5 Å². The van der Waals surface area contributed by atoms with Gasteiger partial charge in [-0.05, 0) is 35.9 Å². The Morgan fingerprint density at radius 3 is 2.65 bits per heavy atom. The lowest BCUT2D eigenvalue weighted by molar-refractivity contribution is 0.197. The summed E-state index contributed by atoms with van der Waals surface area (Å²) in [4.78, 5) is 18.4. The Hall–Kier alpha value is -2.70. The molecule has 0 saturated carbocycles. The molecule has 3 rings (SSSR count). The van der Waals surface area contributed by atoms with Crippen molar-refractivity contribution >= 4 is 34.9 Å². The molecular formula is C18H16Cl2N4O2. The number of imidazole rings is 1. The molecule has 8 heteroatoms. The molecule has 2 aromatic carbocycles. The molecule has 1 heterocycles. The van der Waals surface area contributed by atoms with Gasteiger partial charge in [-0.3, -0.25) is 0 Å². The summed E-state index contributed by atoms with van der Waals surface area (Å²) in [6, 6.07) is 11.6. The predicted molar refractivity (Wildman–Crippen MR) is 102 cm³/mol. The van der Waals surface area contributed by atoms with Crippen LogP contribution in [-0.4, -0.2) is 16.0 Å². The molecule has 6 nitrogen and oxygen atoms in total. The number of hydrogen-bond acceptors (Lipinski definition) is 3. The van der Waals surface area contributed by atoms with Gasteiger partial charge in [-0.25, -0.2) is 9.78 Å². The highest BCUT2D eigenvalue weighted by Gasteiger charge is 2.18. The second-order valence-electron chi connectivity index (χ2n) is 5.58. The number of amides is 2. The molecule has 1 unspecified atom stereocenters. The zero-order valence-corrected chi connectivity index (χ0v) is 15.1. The Bertz CT molecular complexity index is 880. The summed E-state index contributed by atoms with van der Waals surface area (Å²) in [5, 5.41) is 3.63. The second kappa shape index (κ2) is 8.12. The molecule has 0 aliphatic heterocycles. The van der Waals surface area contributed by atoms with Gasteiger partial charge in [0.15, 0.2) is 6.10 Å². The number of carbonyl (C=O) groups excluding carboxylic acids is 1. The van der Waals surface area contributed by atoms with E-state index >= 15 is 0 Å². The number of nitrogens with zero attached hydrogens (tertiary/aromatic N) is 1. The summed E-state index contributed by atoms with van der Waals surface area (Å²) in [7, 11) is 0. The lowest BCUT2D eigenvalue weighted by atomic mass is 10.1. The number of anilines is 1. The van der Waals surface area contributed by atoms with Crippen molar-refractivity contribution < 1.29 is 9.53 Å². The first kappa shape index (κ1) is 18.1. The van der Waals surface area contributed by atoms with Crippen molar-refractivity contribution in [3.05, 3.63) is 76.3 Å². The third-order valence-electron chi connectivity index (χ3n) is 3.55. The SMILES string of the molecule is NC(=O)Nc1cccc(OC(Cc2cc(Cl)cc(Cl)c2)c2ncc[nH]2)c1. The van der Waals surface area contributed by atoms with Gasteiger partial charge in [-0.15, -0.1) is 0 Å². The number of rotatable bonds is 6. The third-order valence-corrected chi connectivity index (χ3v) is 3.98. The first-order valence-electron chi connectivity index (χ1n) is 7.77. The fourth-order valence-corrected chi connectivity index (χ4v) is 3.12. The zero-order valence-electron chi connectivity index (χ0n) is 13.6. The van der Waals surface area contributed by atoms with Crippen molar-refractivity contribution in [2.75, 3.05) is 5.32 Å². The minimum Gasteiger partial charge on any atom is -0.482 e. The van der Waals surface area contributed by atoms with E-state index < -0.39 is 12.1 Å². The molecule has 2 amide bonds. The van der Waals surface area contributed by atoms with Crippen LogP contribution in [0.3, 0.4) is 0 Å². The van der Waals surface area contributed by atoms with Gasteiger partial charge in [0.05, 0.1) is 0 Å². The van der Waals surface area contributed by atoms with E-state index in [0.29, 0.717) is 33.7 Å². The maximum Gasteiger partial charge on any atom is 0.316 e. The van der Waals surface area contributed by atoms with E-state index in [-0.39, 0.29) is 0 Å². The van der Waals surface area contributed by atoms with Gasteiger partial charge in [0.1, 0.15) is 11.6 Å². The summed E-state index contributed by atoms with van der Waals surface area (Å²) < 4.78 is 6.09. The average Bonchev–Trinajstić information content (AvgIpc) is 3.07. The van der Waals surface area contributed by atoms with Gasteiger partial charge >= 0.3 is 6.03 Å². The Labute approximate surface area is 160 Å². The van der Waals surface area contributed by atoms with Crippen molar-refractivity contribution in [2.45, 2.75) is 12.5 Å². The fraction of sp³-hybridized carbons (Fsp3) is 0.111. The standard InChI is InChI=1S/C18H16Cl2N4O2/c19-12-6-11(7-13(20)9-12)8-16(17-22-4-5-23-17)26-15-3-1-2-14(10-15)24-18(21)25/h1-7,9-10,16H,8H2,(H,22,23)(H3,21,24,25). The van der Waals surface area contributed by atoms with Gasteiger partial charge < -0.3 is 20.8 Å². The van der Waals surface area contributed by atoms with Gasteiger partial charge in [0, 0.05) is 40.6 Å². The number of primary amides is 1. The van der Waals surface area contributed by atoms with Crippen LogP contribution in [0.5, 0.6) is 5.75 Å². The van der Waals surface area contributed by atoms with Crippen LogP contribution in [0.25, 0.3) is 0 Å². The van der Waals surface area contributed by atoms with Crippen LogP contribution in [0.4, 0.5) is 10.5 Å². The highest BCUT2D eigenvalue weighted by Crippen LogP contribution is 2.28. The molecule has 3 aromatic rings. The molecule has 4 N–H and O–H groups in total. The molecule has 0 fully saturated rings. The first-order valence-corrected chi connectivity index (χ1v) is 8.52. The molecule has 1 aromatic heterocycles. The first-order chi connectivity index (χ1) is 12.5. The Morgan fingerprint density at radius 1 is 1.23 bits per heavy atom. The largest absolute Gasteiger partial charge is 0.482 e. The number of nitrogens with one attached hydrogen (secondary N) is 2. The van der Waals surface area contributed by atoms with E-state index in [2.05, 4.69) is 15.3 Å². The van der Waals surface area contributed by atoms with Crippen LogP contribution in [0.15, 0.2) is 54.9 Å². The number of urea groups is 1. The molecule has 0 saturated heterocycles. The Kier molecular flexibility index (Phi) is 5.65. The summed E-state index contributed by atoms with van der Waals surface area (Å²) in [5.41, 5.74) is 6.61. The minimum absolute atomic E-state index is 0.400. The fourth-order valence-electron chi connectivity index (χ4n) is 2.54. The molecule has 0 radical (unpaired) electrons. The maximum absolute atomic E-state index is 11.0. The number of hydrogen-bond donors (Lipinski definition) is 3. The molecule has 0 bridgehead atoms. The Balaban J connectivity index is 1.84. The molecular weight excluding hydrogens is 375 g/mol. The van der Waals surface area contributed by atoms with Gasteiger partial charge in [0.2, 0.25) is 0 Å². The summed E-state index contributed by atoms with van der Waals surface area (Å²) in [5.74, 6) is 1.22. The number of H-pyrrole nitrogens is 1. The van der Waals surface area contributed by atoms with Crippen LogP contribution >= 0.6 is 23.2 Å². The summed E-state index contributed by atoms with van der Waals surface area (Å²) in [6.07, 6.45) is 3.48. The monoisotopic (exact) mass is 390 g/mol. The van der Waals surface area contributed by atoms with E-state index in [4.69, 9.17) is 33.7 Å². The van der Waals surface area contributed by atoms with Crippen molar-refractivity contribution in [2.24, 2.45) is 5.73 Å². The normalized spacial score (nSPS) is 11.8. The van der Waals surface area contributed by atoms with Gasteiger partial charge in [-0.1, -0.05) is 29.3 Å². The Morgan fingerprint density at radius 2 is 2.00 bits per heavy atom. The molecule has 0 aliphatic rings. The predicted octanol–water partition coefficient (Wildman–Crippen LogP) is 4.57. The molecule has 134 valence electrons. The topological polar surface area (TPSA) is 93.0 Å². The number of aromatic amines is 1. The number of aromatic nitrogens is 2. The summed E-state index contributed by atoms with van der Waals surface area (Å²) >= 11 is 12.2. The number of ether oxygens (including phenoxy) is 1. The maximum atomic E-state index is 11.0. The van der Waals surface area contributed by atoms with E-state index in [1.807, 2.05) is 12.1 Å². The van der Waals surface area contributed by atoms with Crippen molar-refractivity contribution in [1.82, 2.24) is 9.97 Å². The number of nitrogens with two attached hydrogens (primary N) is 1. The van der Waals surface area contributed by atoms with Crippen molar-refractivity contribution in [1.29, 1.82) is 0 Å². The lowest BCUT2D eigenvalue weighted by Crippen LogP contribution is -2.19. The van der Waals surface area contributed by atoms with Crippen LogP contribution in [0.2, 0.25) is 10.0 Å². The minimum atomic E-state index is -0.640. The van der Waals surface area contributed by atoms with Gasteiger partial charge in [-0.2, -0.15) is 0 Å². The highest BCUT2D eigenvalue weighted by atomic mass is 35.5. The van der Waals surface area contributed by atoms with E-state index in [0.717, 1.165) is 5.56 Å². The quantitative estimate of drug-likeness (QED) is 0.575. The van der Waals surface area contributed by atoms with E-state index in [9.17, 15) is 4.79 Å². The third kappa shape index (κ3) is 4.91. The highest BCUT2D eigenvalue weighted by molar-refractivity contribution is 6.34. The van der Waals surface area contributed by atoms with Gasteiger partial charge in [0.25, 0.3) is 0 Å². The lowest BCUT2D eigenvalue weighted by Gasteiger charge is -2.18. The zero-order chi connectivity index (χ0) is 18.5. The number of carbonyl (C=O) groups is 1. The van der Waals surface area contributed by atoms with Crippen molar-refractivity contribution in [3.63, 3.8) is 0 Å². The molecule has 26 heavy (non-hydrogen) atoms. The van der Waals surface area contributed by atoms with E-state index in [1.54, 1.807) is 42.7 Å². The molecule has 0 aliphatic carbocycles. The number of benzene rings is 2. The smallest absolute Gasteiger partial charge is 0.316 e. The van der Waals surface area contributed by atoms with Crippen LogP contribution in [-0.2, 0) is 6.42 Å². The average molecular weight is 391 g/mol. The number of halogens is 2. The van der Waals surface area contributed by atoms with E-state index in [1.165, 1.54) is 0 Å². The molecule has 1 atom stereocenters.